The summed E-state index contributed by atoms with van der Waals surface area (Å²) in [4.78, 5) is 18.5. The lowest BCUT2D eigenvalue weighted by atomic mass is 9.93. The molecule has 4 heteroatoms. The Morgan fingerprint density at radius 3 is 2.68 bits per heavy atom. The van der Waals surface area contributed by atoms with Gasteiger partial charge in [0.15, 0.2) is 0 Å². The van der Waals surface area contributed by atoms with E-state index >= 15 is 0 Å². The standard InChI is InChI=1S/C18H22N2O2/c1-22-13-5-6-16-14(11-13)15(12-19-16)18(7-8-18)17(21)20-9-3-2-4-10-20/h5-6,11-12,19H,2-4,7-10H2,1H3. The molecule has 0 unspecified atom stereocenters. The molecule has 1 aromatic carbocycles. The quantitative estimate of drug-likeness (QED) is 0.945. The topological polar surface area (TPSA) is 45.3 Å². The van der Waals surface area contributed by atoms with E-state index in [1.54, 1.807) is 7.11 Å². The fraction of sp³-hybridized carbons (Fsp3) is 0.500. The van der Waals surface area contributed by atoms with Gasteiger partial charge in [0.2, 0.25) is 5.91 Å². The first-order chi connectivity index (χ1) is 10.7. The fourth-order valence-corrected chi connectivity index (χ4v) is 3.75. The highest BCUT2D eigenvalue weighted by Gasteiger charge is 2.54. The number of hydrogen-bond acceptors (Lipinski definition) is 2. The predicted octanol–water partition coefficient (Wildman–Crippen LogP) is 3.22. The lowest BCUT2D eigenvalue weighted by molar-refractivity contribution is -0.134. The van der Waals surface area contributed by atoms with Crippen LogP contribution in [0.2, 0.25) is 0 Å². The average molecular weight is 298 g/mol. The first kappa shape index (κ1) is 13.7. The van der Waals surface area contributed by atoms with E-state index in [0.717, 1.165) is 61.0 Å². The molecular weight excluding hydrogens is 276 g/mol. The van der Waals surface area contributed by atoms with Gasteiger partial charge in [0.25, 0.3) is 0 Å². The minimum absolute atomic E-state index is 0.290. The van der Waals surface area contributed by atoms with E-state index in [1.807, 2.05) is 24.4 Å². The molecule has 0 bridgehead atoms. The van der Waals surface area contributed by atoms with Gasteiger partial charge in [-0.25, -0.2) is 0 Å². The molecule has 2 fully saturated rings. The molecule has 2 aliphatic rings. The Balaban J connectivity index is 1.72. The van der Waals surface area contributed by atoms with Gasteiger partial charge in [-0.2, -0.15) is 0 Å². The minimum Gasteiger partial charge on any atom is -0.497 e. The lowest BCUT2D eigenvalue weighted by Crippen LogP contribution is -2.42. The number of amides is 1. The number of aromatic amines is 1. The number of rotatable bonds is 3. The Bertz CT molecular complexity index is 709. The fourth-order valence-electron chi connectivity index (χ4n) is 3.75. The van der Waals surface area contributed by atoms with Crippen LogP contribution in [0.5, 0.6) is 5.75 Å². The molecule has 22 heavy (non-hydrogen) atoms. The van der Waals surface area contributed by atoms with Crippen molar-refractivity contribution in [1.29, 1.82) is 0 Å². The number of ether oxygens (including phenoxy) is 1. The largest absolute Gasteiger partial charge is 0.497 e. The molecule has 0 atom stereocenters. The van der Waals surface area contributed by atoms with Gasteiger partial charge in [0.05, 0.1) is 12.5 Å². The third-order valence-corrected chi connectivity index (χ3v) is 5.21. The number of likely N-dealkylation sites (tertiary alicyclic amines) is 1. The molecule has 0 spiro atoms. The van der Waals surface area contributed by atoms with Crippen LogP contribution in [0.15, 0.2) is 24.4 Å². The van der Waals surface area contributed by atoms with Gasteiger partial charge >= 0.3 is 0 Å². The third kappa shape index (κ3) is 2.01. The highest BCUT2D eigenvalue weighted by Crippen LogP contribution is 2.52. The van der Waals surface area contributed by atoms with Crippen molar-refractivity contribution >= 4 is 16.8 Å². The van der Waals surface area contributed by atoms with Crippen LogP contribution in [-0.2, 0) is 10.2 Å². The van der Waals surface area contributed by atoms with Crippen molar-refractivity contribution in [3.63, 3.8) is 0 Å². The number of nitrogens with one attached hydrogen (secondary N) is 1. The molecule has 1 aliphatic carbocycles. The summed E-state index contributed by atoms with van der Waals surface area (Å²) in [6.45, 7) is 1.85. The van der Waals surface area contributed by atoms with E-state index in [1.165, 1.54) is 6.42 Å². The van der Waals surface area contributed by atoms with Crippen molar-refractivity contribution in [2.24, 2.45) is 0 Å². The number of methoxy groups -OCH3 is 1. The molecule has 116 valence electrons. The van der Waals surface area contributed by atoms with Crippen LogP contribution in [0, 0.1) is 0 Å². The minimum atomic E-state index is -0.290. The first-order valence-electron chi connectivity index (χ1n) is 8.20. The molecule has 4 rings (SSSR count). The number of H-pyrrole nitrogens is 1. The maximum Gasteiger partial charge on any atom is 0.233 e. The molecule has 1 amide bonds. The van der Waals surface area contributed by atoms with Gasteiger partial charge in [-0.3, -0.25) is 4.79 Å². The number of hydrogen-bond donors (Lipinski definition) is 1. The monoisotopic (exact) mass is 298 g/mol. The van der Waals surface area contributed by atoms with Crippen LogP contribution in [0.25, 0.3) is 10.9 Å². The van der Waals surface area contributed by atoms with Crippen molar-refractivity contribution in [2.75, 3.05) is 20.2 Å². The summed E-state index contributed by atoms with van der Waals surface area (Å²) in [6, 6.07) is 6.03. The Morgan fingerprint density at radius 2 is 2.00 bits per heavy atom. The summed E-state index contributed by atoms with van der Waals surface area (Å²) in [5.74, 6) is 1.17. The van der Waals surface area contributed by atoms with Crippen molar-refractivity contribution in [1.82, 2.24) is 9.88 Å². The number of aromatic nitrogens is 1. The molecule has 2 aromatic rings. The van der Waals surface area contributed by atoms with Gasteiger partial charge in [-0.05, 0) is 55.9 Å². The molecule has 1 N–H and O–H groups in total. The zero-order valence-corrected chi connectivity index (χ0v) is 13.0. The number of benzene rings is 1. The molecule has 1 saturated carbocycles. The summed E-state index contributed by atoms with van der Waals surface area (Å²) < 4.78 is 5.35. The Kier molecular flexibility index (Phi) is 3.13. The molecule has 0 radical (unpaired) electrons. The Hall–Kier alpha value is -1.97. The van der Waals surface area contributed by atoms with Gasteiger partial charge in [0.1, 0.15) is 5.75 Å². The summed E-state index contributed by atoms with van der Waals surface area (Å²) >= 11 is 0. The number of piperidine rings is 1. The molecule has 2 heterocycles. The van der Waals surface area contributed by atoms with E-state index in [0.29, 0.717) is 5.91 Å². The maximum absolute atomic E-state index is 13.1. The van der Waals surface area contributed by atoms with E-state index < -0.39 is 0 Å². The average Bonchev–Trinajstić information content (AvgIpc) is 3.27. The maximum atomic E-state index is 13.1. The highest BCUT2D eigenvalue weighted by molar-refractivity contribution is 5.98. The van der Waals surface area contributed by atoms with E-state index in [2.05, 4.69) is 9.88 Å². The van der Waals surface area contributed by atoms with E-state index in [4.69, 9.17) is 4.74 Å². The summed E-state index contributed by atoms with van der Waals surface area (Å²) in [5, 5.41) is 1.13. The van der Waals surface area contributed by atoms with Crippen LogP contribution < -0.4 is 4.74 Å². The van der Waals surface area contributed by atoms with Crippen LogP contribution in [0.3, 0.4) is 0 Å². The summed E-state index contributed by atoms with van der Waals surface area (Å²) in [6.07, 6.45) is 7.49. The SMILES string of the molecule is COc1ccc2[nH]cc(C3(C(=O)N4CCCCC4)CC3)c2c1. The highest BCUT2D eigenvalue weighted by atomic mass is 16.5. The number of nitrogens with zero attached hydrogens (tertiary/aromatic N) is 1. The Labute approximate surface area is 130 Å². The second-order valence-electron chi connectivity index (χ2n) is 6.55. The third-order valence-electron chi connectivity index (χ3n) is 5.21. The van der Waals surface area contributed by atoms with Crippen LogP contribution in [0.1, 0.15) is 37.7 Å². The summed E-state index contributed by atoms with van der Waals surface area (Å²) in [7, 11) is 1.68. The van der Waals surface area contributed by atoms with Crippen molar-refractivity contribution in [2.45, 2.75) is 37.5 Å². The van der Waals surface area contributed by atoms with Gasteiger partial charge in [0, 0.05) is 30.2 Å². The predicted molar refractivity (Wildman–Crippen MR) is 86.2 cm³/mol. The Morgan fingerprint density at radius 1 is 1.23 bits per heavy atom. The molecule has 1 aliphatic heterocycles. The number of carbonyl (C=O) groups is 1. The van der Waals surface area contributed by atoms with Crippen LogP contribution in [0.4, 0.5) is 0 Å². The normalized spacial score (nSPS) is 20.1. The van der Waals surface area contributed by atoms with Crippen LogP contribution >= 0.6 is 0 Å². The van der Waals surface area contributed by atoms with Gasteiger partial charge < -0.3 is 14.6 Å². The second kappa shape index (κ2) is 5.04. The van der Waals surface area contributed by atoms with Gasteiger partial charge in [-0.15, -0.1) is 0 Å². The van der Waals surface area contributed by atoms with Crippen LogP contribution in [-0.4, -0.2) is 36.0 Å². The molecule has 1 saturated heterocycles. The van der Waals surface area contributed by atoms with E-state index in [9.17, 15) is 4.79 Å². The zero-order valence-electron chi connectivity index (χ0n) is 13.0. The molecular formula is C18H22N2O2. The molecule has 4 nitrogen and oxygen atoms in total. The van der Waals surface area contributed by atoms with Crippen molar-refractivity contribution < 1.29 is 9.53 Å². The smallest absolute Gasteiger partial charge is 0.233 e. The number of fused-ring (bicyclic) bond motifs is 1. The van der Waals surface area contributed by atoms with E-state index in [-0.39, 0.29) is 5.41 Å². The first-order valence-corrected chi connectivity index (χ1v) is 8.20. The second-order valence-corrected chi connectivity index (χ2v) is 6.55. The van der Waals surface area contributed by atoms with Crippen molar-refractivity contribution in [3.8, 4) is 5.75 Å². The zero-order chi connectivity index (χ0) is 15.2. The summed E-state index contributed by atoms with van der Waals surface area (Å²) in [5.41, 5.74) is 1.94. The lowest BCUT2D eigenvalue weighted by Gasteiger charge is -2.30. The number of carbonyl (C=O) groups excluding carboxylic acids is 1. The molecule has 1 aromatic heterocycles. The van der Waals surface area contributed by atoms with Gasteiger partial charge in [-0.1, -0.05) is 0 Å². The van der Waals surface area contributed by atoms with Crippen molar-refractivity contribution in [3.05, 3.63) is 30.0 Å².